The zero-order valence-electron chi connectivity index (χ0n) is 19.3. The van der Waals surface area contributed by atoms with Crippen molar-refractivity contribution in [3.8, 4) is 0 Å². The van der Waals surface area contributed by atoms with Gasteiger partial charge in [0.15, 0.2) is 0 Å². The van der Waals surface area contributed by atoms with E-state index in [-0.39, 0.29) is 22.3 Å². The summed E-state index contributed by atoms with van der Waals surface area (Å²) in [7, 11) is 0. The average molecular weight is 387 g/mol. The van der Waals surface area contributed by atoms with Crippen molar-refractivity contribution in [3.05, 3.63) is 22.8 Å². The van der Waals surface area contributed by atoms with Crippen molar-refractivity contribution in [2.45, 2.75) is 112 Å². The van der Waals surface area contributed by atoms with E-state index in [2.05, 4.69) is 54.5 Å². The fourth-order valence-corrected chi connectivity index (χ4v) is 7.95. The van der Waals surface area contributed by atoms with Crippen molar-refractivity contribution < 1.29 is 9.84 Å². The van der Waals surface area contributed by atoms with Crippen LogP contribution in [0.3, 0.4) is 0 Å². The maximum Gasteiger partial charge on any atom is 0.0594 e. The van der Waals surface area contributed by atoms with Gasteiger partial charge in [0, 0.05) is 0 Å². The molecule has 0 aliphatic heterocycles. The van der Waals surface area contributed by atoms with Crippen LogP contribution >= 0.6 is 0 Å². The molecule has 0 spiro atoms. The summed E-state index contributed by atoms with van der Waals surface area (Å²) in [6, 6.07) is 0. The first-order valence-electron chi connectivity index (χ1n) is 11.8. The minimum absolute atomic E-state index is 0.0263. The minimum atomic E-state index is -0.148. The highest BCUT2D eigenvalue weighted by Crippen LogP contribution is 2.66. The van der Waals surface area contributed by atoms with E-state index in [4.69, 9.17) is 4.74 Å². The van der Waals surface area contributed by atoms with Gasteiger partial charge in [-0.25, -0.2) is 0 Å². The summed E-state index contributed by atoms with van der Waals surface area (Å²) in [6.07, 6.45) is 11.3. The summed E-state index contributed by atoms with van der Waals surface area (Å²) in [6.45, 7) is 16.3. The minimum Gasteiger partial charge on any atom is -0.393 e. The molecule has 4 aliphatic carbocycles. The third-order valence-electron chi connectivity index (χ3n) is 9.48. The molecule has 2 nitrogen and oxygen atoms in total. The summed E-state index contributed by atoms with van der Waals surface area (Å²) in [5.41, 5.74) is 5.71. The van der Waals surface area contributed by atoms with Crippen molar-refractivity contribution in [3.63, 3.8) is 0 Å². The fraction of sp³-hybridized carbons (Fsp3) is 0.846. The second-order valence-electron chi connectivity index (χ2n) is 11.6. The second kappa shape index (κ2) is 6.71. The Morgan fingerprint density at radius 2 is 1.71 bits per heavy atom. The molecule has 158 valence electrons. The third-order valence-corrected chi connectivity index (χ3v) is 9.48. The Bertz CT molecular complexity index is 699. The van der Waals surface area contributed by atoms with Gasteiger partial charge in [0.25, 0.3) is 0 Å². The van der Waals surface area contributed by atoms with Crippen LogP contribution in [0.15, 0.2) is 22.8 Å². The zero-order chi connectivity index (χ0) is 20.5. The summed E-state index contributed by atoms with van der Waals surface area (Å²) in [5.74, 6) is 1.21. The van der Waals surface area contributed by atoms with Gasteiger partial charge < -0.3 is 9.84 Å². The summed E-state index contributed by atoms with van der Waals surface area (Å²) >= 11 is 0. The SMILES string of the molecule is CC(C)OC(C)C1CC=C2C3=C(CCC21C)C1(C)CCC(O)C(C)(C)C1CC3. The molecule has 0 radical (unpaired) electrons. The van der Waals surface area contributed by atoms with Crippen molar-refractivity contribution in [1.29, 1.82) is 0 Å². The van der Waals surface area contributed by atoms with Gasteiger partial charge in [0.2, 0.25) is 0 Å². The topological polar surface area (TPSA) is 29.5 Å². The van der Waals surface area contributed by atoms with Crippen molar-refractivity contribution in [1.82, 2.24) is 0 Å². The van der Waals surface area contributed by atoms with E-state index < -0.39 is 0 Å². The van der Waals surface area contributed by atoms with Crippen LogP contribution in [0.25, 0.3) is 0 Å². The molecule has 0 bridgehead atoms. The normalized spacial score (nSPS) is 43.3. The number of allylic oxidation sites excluding steroid dienone is 4. The van der Waals surface area contributed by atoms with E-state index in [1.807, 2.05) is 0 Å². The standard InChI is InChI=1S/C26H42O2/c1-16(2)28-17(3)19-9-10-20-18-8-11-22-24(4,5)23(27)13-15-26(22,7)21(18)12-14-25(19,20)6/h10,16-17,19,22-23,27H,8-9,11-15H2,1-7H3. The number of hydrogen-bond acceptors (Lipinski definition) is 2. The smallest absolute Gasteiger partial charge is 0.0594 e. The van der Waals surface area contributed by atoms with Gasteiger partial charge in [-0.3, -0.25) is 0 Å². The number of aliphatic hydroxyl groups excluding tert-OH is 1. The van der Waals surface area contributed by atoms with Crippen LogP contribution in [0.1, 0.15) is 93.4 Å². The summed E-state index contributed by atoms with van der Waals surface area (Å²) in [5, 5.41) is 10.7. The van der Waals surface area contributed by atoms with Gasteiger partial charge in [-0.15, -0.1) is 0 Å². The van der Waals surface area contributed by atoms with Gasteiger partial charge in [0.1, 0.15) is 0 Å². The Kier molecular flexibility index (Phi) is 4.95. The van der Waals surface area contributed by atoms with Crippen LogP contribution < -0.4 is 0 Å². The van der Waals surface area contributed by atoms with Crippen LogP contribution in [0.2, 0.25) is 0 Å². The highest BCUT2D eigenvalue weighted by molar-refractivity contribution is 5.50. The van der Waals surface area contributed by atoms with E-state index >= 15 is 0 Å². The first kappa shape index (κ1) is 20.7. The Labute approximate surface area is 172 Å². The monoisotopic (exact) mass is 386 g/mol. The molecule has 4 aliphatic rings. The van der Waals surface area contributed by atoms with Gasteiger partial charge in [-0.2, -0.15) is 0 Å². The number of fused-ring (bicyclic) bond motifs is 4. The lowest BCUT2D eigenvalue weighted by Gasteiger charge is -2.59. The first-order chi connectivity index (χ1) is 13.0. The highest BCUT2D eigenvalue weighted by atomic mass is 16.5. The van der Waals surface area contributed by atoms with E-state index in [9.17, 15) is 5.11 Å². The van der Waals surface area contributed by atoms with Crippen molar-refractivity contribution in [2.24, 2.45) is 28.1 Å². The molecule has 6 unspecified atom stereocenters. The predicted molar refractivity (Wildman–Crippen MR) is 116 cm³/mol. The van der Waals surface area contributed by atoms with E-state index in [1.165, 1.54) is 32.1 Å². The number of aliphatic hydroxyl groups is 1. The lowest BCUT2D eigenvalue weighted by molar-refractivity contribution is -0.0913. The molecule has 0 aromatic rings. The maximum absolute atomic E-state index is 10.7. The quantitative estimate of drug-likeness (QED) is 0.605. The molecule has 1 saturated carbocycles. The average Bonchev–Trinajstić information content (AvgIpc) is 2.95. The van der Waals surface area contributed by atoms with Crippen LogP contribution in [0, 0.1) is 28.1 Å². The van der Waals surface area contributed by atoms with Crippen LogP contribution in [0.4, 0.5) is 0 Å². The van der Waals surface area contributed by atoms with Gasteiger partial charge >= 0.3 is 0 Å². The molecular weight excluding hydrogens is 344 g/mol. The molecule has 0 saturated heterocycles. The lowest BCUT2D eigenvalue weighted by atomic mass is 9.46. The number of rotatable bonds is 3. The molecular formula is C26H42O2. The molecule has 6 atom stereocenters. The van der Waals surface area contributed by atoms with Gasteiger partial charge in [0.05, 0.1) is 18.3 Å². The van der Waals surface area contributed by atoms with Crippen molar-refractivity contribution in [2.75, 3.05) is 0 Å². The lowest BCUT2D eigenvalue weighted by Crippen LogP contribution is -2.53. The molecule has 0 heterocycles. The predicted octanol–water partition coefficient (Wildman–Crippen LogP) is 6.44. The molecule has 0 aromatic carbocycles. The van der Waals surface area contributed by atoms with Crippen molar-refractivity contribution >= 4 is 0 Å². The Morgan fingerprint density at radius 1 is 1.00 bits per heavy atom. The Balaban J connectivity index is 1.68. The summed E-state index contributed by atoms with van der Waals surface area (Å²) < 4.78 is 6.25. The van der Waals surface area contributed by atoms with Gasteiger partial charge in [-0.05, 0) is 105 Å². The zero-order valence-corrected chi connectivity index (χ0v) is 19.3. The Morgan fingerprint density at radius 3 is 2.39 bits per heavy atom. The van der Waals surface area contributed by atoms with Crippen LogP contribution in [-0.4, -0.2) is 23.4 Å². The summed E-state index contributed by atoms with van der Waals surface area (Å²) in [4.78, 5) is 0. The van der Waals surface area contributed by atoms with Crippen LogP contribution in [-0.2, 0) is 4.74 Å². The van der Waals surface area contributed by atoms with E-state index in [0.29, 0.717) is 24.0 Å². The van der Waals surface area contributed by atoms with Crippen LogP contribution in [0.5, 0.6) is 0 Å². The van der Waals surface area contributed by atoms with E-state index in [1.54, 1.807) is 16.7 Å². The molecule has 0 amide bonds. The molecule has 0 aromatic heterocycles. The number of hydrogen-bond donors (Lipinski definition) is 1. The molecule has 1 fully saturated rings. The Hall–Kier alpha value is -0.600. The molecule has 1 N–H and O–H groups in total. The van der Waals surface area contributed by atoms with Gasteiger partial charge in [-0.1, -0.05) is 39.3 Å². The highest BCUT2D eigenvalue weighted by Gasteiger charge is 2.57. The largest absolute Gasteiger partial charge is 0.393 e. The maximum atomic E-state index is 10.7. The van der Waals surface area contributed by atoms with E-state index in [0.717, 1.165) is 12.8 Å². The second-order valence-corrected chi connectivity index (χ2v) is 11.6. The molecule has 4 rings (SSSR count). The first-order valence-corrected chi connectivity index (χ1v) is 11.8. The molecule has 2 heteroatoms. The third kappa shape index (κ3) is 2.81. The number of ether oxygens (including phenoxy) is 1. The molecule has 28 heavy (non-hydrogen) atoms. The fourth-order valence-electron chi connectivity index (χ4n) is 7.95.